The number of aromatic hydroxyl groups is 1. The zero-order valence-corrected chi connectivity index (χ0v) is 26.5. The molecule has 0 amide bonds. The number of aliphatic hydroxyl groups excluding tert-OH is 1. The summed E-state index contributed by atoms with van der Waals surface area (Å²) in [5.74, 6) is 1.21. The summed E-state index contributed by atoms with van der Waals surface area (Å²) in [6.45, 7) is 11.5. The molecule has 0 aliphatic carbocycles. The predicted molar refractivity (Wildman–Crippen MR) is 167 cm³/mol. The zero-order valence-electron chi connectivity index (χ0n) is 24.8. The third-order valence-corrected chi connectivity index (χ3v) is 9.54. The molecule has 41 heavy (non-hydrogen) atoms. The number of hydrogen-bond acceptors (Lipinski definition) is 7. The van der Waals surface area contributed by atoms with Gasteiger partial charge in [0.2, 0.25) is 0 Å². The number of carbonyl (C=O) groups excluding carboxylic acids is 1. The quantitative estimate of drug-likeness (QED) is 0.131. The van der Waals surface area contributed by atoms with E-state index in [0.29, 0.717) is 17.9 Å². The van der Waals surface area contributed by atoms with Crippen molar-refractivity contribution in [2.75, 3.05) is 19.0 Å². The van der Waals surface area contributed by atoms with E-state index in [2.05, 4.69) is 18.9 Å². The lowest BCUT2D eigenvalue weighted by Gasteiger charge is -2.22. The van der Waals surface area contributed by atoms with Crippen molar-refractivity contribution >= 4 is 24.6 Å². The van der Waals surface area contributed by atoms with Gasteiger partial charge in [-0.3, -0.25) is 9.32 Å². The van der Waals surface area contributed by atoms with E-state index in [4.69, 9.17) is 9.05 Å². The number of rotatable bonds is 14. The molecule has 222 valence electrons. The summed E-state index contributed by atoms with van der Waals surface area (Å²) in [6.07, 6.45) is 0.688. The summed E-state index contributed by atoms with van der Waals surface area (Å²) in [6, 6.07) is 19.0. The van der Waals surface area contributed by atoms with Crippen LogP contribution in [0.15, 0.2) is 60.7 Å². The number of thioether (sulfide) groups is 1. The van der Waals surface area contributed by atoms with E-state index in [9.17, 15) is 19.6 Å². The molecule has 0 spiro atoms. The summed E-state index contributed by atoms with van der Waals surface area (Å²) in [5.41, 5.74) is 5.19. The van der Waals surface area contributed by atoms with Crippen LogP contribution in [0, 0.1) is 19.3 Å². The number of aliphatic hydroxyl groups is 1. The molecule has 3 rings (SSSR count). The molecule has 0 fully saturated rings. The van der Waals surface area contributed by atoms with Crippen LogP contribution < -0.4 is 9.61 Å². The predicted octanol–water partition coefficient (Wildman–Crippen LogP) is 7.29. The molecule has 0 saturated carbocycles. The first-order chi connectivity index (χ1) is 19.3. The van der Waals surface area contributed by atoms with Gasteiger partial charge in [-0.2, -0.15) is 0 Å². The Bertz CT molecular complexity index is 1350. The van der Waals surface area contributed by atoms with Crippen LogP contribution in [0.3, 0.4) is 0 Å². The molecule has 0 radical (unpaired) electrons. The Morgan fingerprint density at radius 1 is 1.02 bits per heavy atom. The highest BCUT2D eigenvalue weighted by Crippen LogP contribution is 2.45. The highest BCUT2D eigenvalue weighted by atomic mass is 32.2. The molecule has 0 saturated heterocycles. The van der Waals surface area contributed by atoms with E-state index in [1.54, 1.807) is 19.9 Å². The average Bonchev–Trinajstić information content (AvgIpc) is 2.93. The van der Waals surface area contributed by atoms with E-state index in [0.717, 1.165) is 45.1 Å². The Hall–Kier alpha value is -2.61. The Morgan fingerprint density at radius 2 is 1.68 bits per heavy atom. The Balaban J connectivity index is 1.77. The number of nitrogens with one attached hydrogen (secondary N) is 1. The third-order valence-electron chi connectivity index (χ3n) is 6.84. The minimum absolute atomic E-state index is 0.0199. The Morgan fingerprint density at radius 3 is 2.29 bits per heavy atom. The van der Waals surface area contributed by atoms with Crippen LogP contribution in [-0.4, -0.2) is 34.3 Å². The highest BCUT2D eigenvalue weighted by molar-refractivity contribution is 8.13. The molecule has 0 aliphatic rings. The van der Waals surface area contributed by atoms with Crippen LogP contribution in [0.25, 0.3) is 0 Å². The summed E-state index contributed by atoms with van der Waals surface area (Å²) in [4.78, 5) is 12.3. The summed E-state index contributed by atoms with van der Waals surface area (Å²) < 4.78 is 25.6. The van der Waals surface area contributed by atoms with E-state index >= 15 is 0 Å². The Labute approximate surface area is 248 Å². The number of phenolic OH excluding ortho intramolecular Hbond substituents is 1. The van der Waals surface area contributed by atoms with Crippen molar-refractivity contribution in [3.05, 3.63) is 94.0 Å². The summed E-state index contributed by atoms with van der Waals surface area (Å²) in [7, 11) is -3.81. The molecule has 0 heterocycles. The third kappa shape index (κ3) is 9.45. The van der Waals surface area contributed by atoms with Gasteiger partial charge in [0, 0.05) is 12.3 Å². The highest BCUT2D eigenvalue weighted by Gasteiger charge is 2.29. The minimum Gasteiger partial charge on any atom is -0.508 e. The van der Waals surface area contributed by atoms with Crippen LogP contribution >= 0.6 is 19.5 Å². The number of carbonyl (C=O) groups is 1. The number of benzene rings is 3. The van der Waals surface area contributed by atoms with Crippen molar-refractivity contribution < 1.29 is 28.6 Å². The molecule has 3 aromatic carbocycles. The maximum absolute atomic E-state index is 13.9. The van der Waals surface area contributed by atoms with Crippen LogP contribution in [-0.2, 0) is 26.8 Å². The van der Waals surface area contributed by atoms with Crippen LogP contribution in [0.4, 0.5) is 0 Å². The van der Waals surface area contributed by atoms with Gasteiger partial charge >= 0.3 is 7.75 Å². The second kappa shape index (κ2) is 14.5. The largest absolute Gasteiger partial charge is 0.508 e. The average molecular weight is 600 g/mol. The smallest absolute Gasteiger partial charge is 0.459 e. The van der Waals surface area contributed by atoms with Crippen molar-refractivity contribution in [1.29, 1.82) is 0 Å². The van der Waals surface area contributed by atoms with Crippen molar-refractivity contribution in [3.63, 3.8) is 0 Å². The van der Waals surface area contributed by atoms with Crippen LogP contribution in [0.1, 0.15) is 67.0 Å². The first kappa shape index (κ1) is 32.9. The maximum atomic E-state index is 13.9. The van der Waals surface area contributed by atoms with E-state index in [1.165, 1.54) is 0 Å². The van der Waals surface area contributed by atoms with Crippen molar-refractivity contribution in [3.8, 4) is 11.5 Å². The maximum Gasteiger partial charge on any atom is 0.459 e. The zero-order chi connectivity index (χ0) is 30.2. The summed E-state index contributed by atoms with van der Waals surface area (Å²) in [5, 5.41) is 22.4. The molecule has 7 nitrogen and oxygen atoms in total. The van der Waals surface area contributed by atoms with Crippen LogP contribution in [0.5, 0.6) is 11.5 Å². The van der Waals surface area contributed by atoms with Gasteiger partial charge in [0.15, 0.2) is 5.12 Å². The van der Waals surface area contributed by atoms with Gasteiger partial charge < -0.3 is 14.7 Å². The van der Waals surface area contributed by atoms with Gasteiger partial charge in [-0.25, -0.2) is 9.65 Å². The lowest BCUT2D eigenvalue weighted by atomic mass is 9.93. The number of phenols is 1. The molecule has 0 aromatic heterocycles. The van der Waals surface area contributed by atoms with E-state index in [-0.39, 0.29) is 36.5 Å². The number of aryl methyl sites for hydroxylation is 2. The molecular formula is C32H42NO6PS. The van der Waals surface area contributed by atoms with Crippen molar-refractivity contribution in [2.45, 2.75) is 60.4 Å². The summed E-state index contributed by atoms with van der Waals surface area (Å²) >= 11 is 1.04. The van der Waals surface area contributed by atoms with Gasteiger partial charge in [0.25, 0.3) is 0 Å². The molecule has 3 aromatic rings. The van der Waals surface area contributed by atoms with Gasteiger partial charge in [0.05, 0.1) is 18.6 Å². The van der Waals surface area contributed by atoms with E-state index < -0.39 is 13.2 Å². The second-order valence-electron chi connectivity index (χ2n) is 11.2. The standard InChI is InChI=1S/C32H42NO6PS/c1-22(2)28-18-26(12-13-30(28)35)19-29-23(3)16-27(17-24(29)4)39-40(37,33-20-25-10-8-7-9-11-25)38-14-15-41-31(36)32(5,6)21-34/h7-13,16-18,22,34-35H,14-15,19-21H2,1-6H3,(H,33,37). The fraction of sp³-hybridized carbons (Fsp3) is 0.406. The van der Waals surface area contributed by atoms with Crippen molar-refractivity contribution in [2.24, 2.45) is 5.41 Å². The fourth-order valence-electron chi connectivity index (χ4n) is 4.24. The lowest BCUT2D eigenvalue weighted by molar-refractivity contribution is -0.119. The second-order valence-corrected chi connectivity index (χ2v) is 14.0. The molecule has 1 unspecified atom stereocenters. The minimum atomic E-state index is -3.81. The monoisotopic (exact) mass is 599 g/mol. The SMILES string of the molecule is Cc1cc(OP(=O)(NCc2ccccc2)OCCSC(=O)C(C)(C)CO)cc(C)c1Cc1ccc(O)c(C(C)C)c1. The topological polar surface area (TPSA) is 105 Å². The lowest BCUT2D eigenvalue weighted by Crippen LogP contribution is -2.26. The van der Waals surface area contributed by atoms with Crippen molar-refractivity contribution in [1.82, 2.24) is 5.09 Å². The molecule has 9 heteroatoms. The first-order valence-corrected chi connectivity index (χ1v) is 16.3. The number of hydrogen-bond donors (Lipinski definition) is 3. The van der Waals surface area contributed by atoms with E-state index in [1.807, 2.05) is 68.4 Å². The van der Waals surface area contributed by atoms with Gasteiger partial charge in [-0.05, 0) is 91.6 Å². The molecule has 0 bridgehead atoms. The normalized spacial score (nSPS) is 13.3. The molecule has 0 aliphatic heterocycles. The molecule has 1 atom stereocenters. The Kier molecular flexibility index (Phi) is 11.7. The molecule has 3 N–H and O–H groups in total. The van der Waals surface area contributed by atoms with Gasteiger partial charge in [-0.15, -0.1) is 0 Å². The van der Waals surface area contributed by atoms with Crippen LogP contribution in [0.2, 0.25) is 0 Å². The first-order valence-electron chi connectivity index (χ1n) is 13.8. The van der Waals surface area contributed by atoms with Gasteiger partial charge in [0.1, 0.15) is 11.5 Å². The molecular weight excluding hydrogens is 557 g/mol. The van der Waals surface area contributed by atoms with Gasteiger partial charge in [-0.1, -0.05) is 68.1 Å². The fourth-order valence-corrected chi connectivity index (χ4v) is 6.47.